The van der Waals surface area contributed by atoms with Gasteiger partial charge in [0.05, 0.1) is 12.8 Å². The maximum atomic E-state index is 13.1. The molecule has 2 aromatic rings. The zero-order valence-corrected chi connectivity index (χ0v) is 19.2. The van der Waals surface area contributed by atoms with Gasteiger partial charge in [0, 0.05) is 0 Å². The zero-order valence-electron chi connectivity index (χ0n) is 18.2. The molecule has 30 heavy (non-hydrogen) atoms. The normalized spacial score (nSPS) is 14.9. The lowest BCUT2D eigenvalue weighted by atomic mass is 10.0. The molecule has 0 aliphatic carbocycles. The predicted octanol–water partition coefficient (Wildman–Crippen LogP) is 4.46. The van der Waals surface area contributed by atoms with Crippen LogP contribution in [0.1, 0.15) is 16.7 Å². The van der Waals surface area contributed by atoms with Crippen LogP contribution >= 0.6 is 0 Å². The third-order valence-electron chi connectivity index (χ3n) is 4.54. The summed E-state index contributed by atoms with van der Waals surface area (Å²) in [6.45, 7) is 10.2. The highest BCUT2D eigenvalue weighted by molar-refractivity contribution is 6.70. The van der Waals surface area contributed by atoms with Crippen molar-refractivity contribution in [3.05, 3.63) is 58.8 Å². The average molecular weight is 426 g/mol. The molecule has 1 amide bonds. The number of rotatable bonds is 5. The van der Waals surface area contributed by atoms with Crippen LogP contribution in [0.2, 0.25) is 19.6 Å². The molecule has 0 unspecified atom stereocenters. The molecule has 0 bridgehead atoms. The van der Waals surface area contributed by atoms with E-state index < -0.39 is 20.2 Å². The predicted molar refractivity (Wildman–Crippen MR) is 119 cm³/mol. The van der Waals surface area contributed by atoms with Gasteiger partial charge in [-0.15, -0.1) is 0 Å². The van der Waals surface area contributed by atoms with Gasteiger partial charge in [-0.1, -0.05) is 12.1 Å². The molecule has 0 saturated heterocycles. The van der Waals surface area contributed by atoms with Crippen molar-refractivity contribution in [2.75, 3.05) is 18.6 Å². The zero-order chi connectivity index (χ0) is 22.1. The van der Waals surface area contributed by atoms with Gasteiger partial charge in [-0.3, -0.25) is 14.5 Å². The van der Waals surface area contributed by atoms with Crippen molar-refractivity contribution < 1.29 is 23.5 Å². The van der Waals surface area contributed by atoms with E-state index in [1.54, 1.807) is 24.3 Å². The van der Waals surface area contributed by atoms with Crippen molar-refractivity contribution >= 4 is 32.0 Å². The number of anilines is 1. The summed E-state index contributed by atoms with van der Waals surface area (Å²) in [5.41, 5.74) is 3.36. The van der Waals surface area contributed by atoms with Crippen LogP contribution in [0, 0.1) is 13.8 Å². The largest absolute Gasteiger partial charge is 0.544 e. The van der Waals surface area contributed by atoms with E-state index in [4.69, 9.17) is 13.9 Å². The number of nitrogens with zero attached hydrogens (tertiary/aromatic N) is 1. The van der Waals surface area contributed by atoms with Gasteiger partial charge in [0.25, 0.3) is 5.91 Å². The fourth-order valence-electron chi connectivity index (χ4n) is 3.30. The van der Waals surface area contributed by atoms with Gasteiger partial charge in [-0.25, -0.2) is 0 Å². The Hall–Kier alpha value is -3.06. The number of hydrogen-bond donors (Lipinski definition) is 0. The van der Waals surface area contributed by atoms with Crippen LogP contribution in [0.25, 0.3) is 6.08 Å². The van der Waals surface area contributed by atoms with E-state index in [2.05, 4.69) is 19.6 Å². The highest BCUT2D eigenvalue weighted by Crippen LogP contribution is 2.36. The molecule has 2 aromatic carbocycles. The fraction of sp³-hybridized carbons (Fsp3) is 0.304. The molecule has 1 aliphatic heterocycles. The minimum Gasteiger partial charge on any atom is -0.544 e. The Kier molecular flexibility index (Phi) is 6.03. The Morgan fingerprint density at radius 3 is 2.37 bits per heavy atom. The summed E-state index contributed by atoms with van der Waals surface area (Å²) < 4.78 is 16.8. The Bertz CT molecular complexity index is 999. The van der Waals surface area contributed by atoms with Crippen molar-refractivity contribution in [2.45, 2.75) is 33.5 Å². The summed E-state index contributed by atoms with van der Waals surface area (Å²) in [4.78, 5) is 26.3. The molecule has 7 heteroatoms. The highest BCUT2D eigenvalue weighted by atomic mass is 28.4. The Morgan fingerprint density at radius 1 is 1.13 bits per heavy atom. The number of ether oxygens (including phenoxy) is 2. The topological polar surface area (TPSA) is 65.1 Å². The van der Waals surface area contributed by atoms with Gasteiger partial charge in [0.1, 0.15) is 12.3 Å². The average Bonchev–Trinajstić information content (AvgIpc) is 2.67. The summed E-state index contributed by atoms with van der Waals surface area (Å²) in [5, 5.41) is 0. The first-order chi connectivity index (χ1) is 14.1. The molecule has 6 nitrogen and oxygen atoms in total. The molecule has 0 saturated carbocycles. The van der Waals surface area contributed by atoms with Crippen LogP contribution in [0.5, 0.6) is 11.5 Å². The second-order valence-corrected chi connectivity index (χ2v) is 12.7. The lowest BCUT2D eigenvalue weighted by molar-refractivity contribution is -0.140. The Balaban J connectivity index is 1.99. The molecular formula is C23H27NO5Si. The number of hydrogen-bond acceptors (Lipinski definition) is 5. The number of esters is 1. The molecule has 1 heterocycles. The second-order valence-electron chi connectivity index (χ2n) is 8.24. The lowest BCUT2D eigenvalue weighted by Crippen LogP contribution is -2.41. The highest BCUT2D eigenvalue weighted by Gasteiger charge is 2.32. The molecule has 0 N–H and O–H groups in total. The minimum atomic E-state index is -1.74. The third kappa shape index (κ3) is 4.73. The summed E-state index contributed by atoms with van der Waals surface area (Å²) in [7, 11) is -0.447. The molecule has 0 fully saturated rings. The molecule has 0 aromatic heterocycles. The first-order valence-corrected chi connectivity index (χ1v) is 13.2. The van der Waals surface area contributed by atoms with Crippen LogP contribution in [-0.2, 0) is 14.3 Å². The summed E-state index contributed by atoms with van der Waals surface area (Å²) in [5.74, 6) is 0.662. The SMILES string of the molecule is COC(=O)CN1C(=O)C(=Cc2cc(C)c(O[Si](C)(C)C)c(C)c2)Oc2ccccc21. The summed E-state index contributed by atoms with van der Waals surface area (Å²) >= 11 is 0. The van der Waals surface area contributed by atoms with Crippen LogP contribution in [0.4, 0.5) is 5.69 Å². The van der Waals surface area contributed by atoms with Crippen molar-refractivity contribution in [1.82, 2.24) is 0 Å². The molecule has 158 valence electrons. The fourth-order valence-corrected chi connectivity index (χ4v) is 4.23. The second kappa shape index (κ2) is 8.35. The van der Waals surface area contributed by atoms with Crippen molar-refractivity contribution in [1.29, 1.82) is 0 Å². The molecular weight excluding hydrogens is 398 g/mol. The molecule has 3 rings (SSSR count). The van der Waals surface area contributed by atoms with Crippen LogP contribution in [0.15, 0.2) is 42.2 Å². The first kappa shape index (κ1) is 21.6. The number of fused-ring (bicyclic) bond motifs is 1. The third-order valence-corrected chi connectivity index (χ3v) is 5.35. The van der Waals surface area contributed by atoms with Gasteiger partial charge >= 0.3 is 5.97 Å². The number of para-hydroxylation sites is 2. The summed E-state index contributed by atoms with van der Waals surface area (Å²) in [6.07, 6.45) is 1.70. The number of amides is 1. The lowest BCUT2D eigenvalue weighted by Gasteiger charge is -2.29. The van der Waals surface area contributed by atoms with Crippen LogP contribution in [0.3, 0.4) is 0 Å². The molecule has 1 aliphatic rings. The van der Waals surface area contributed by atoms with E-state index in [1.807, 2.05) is 32.0 Å². The Labute approximate surface area is 178 Å². The minimum absolute atomic E-state index is 0.148. The van der Waals surface area contributed by atoms with Crippen molar-refractivity contribution in [3.63, 3.8) is 0 Å². The number of aryl methyl sites for hydroxylation is 2. The smallest absolute Gasteiger partial charge is 0.325 e. The number of carbonyl (C=O) groups is 2. The number of methoxy groups -OCH3 is 1. The number of benzene rings is 2. The van der Waals surface area contributed by atoms with E-state index in [1.165, 1.54) is 12.0 Å². The maximum Gasteiger partial charge on any atom is 0.325 e. The molecule has 0 spiro atoms. The van der Waals surface area contributed by atoms with E-state index >= 15 is 0 Å². The summed E-state index contributed by atoms with van der Waals surface area (Å²) in [6, 6.07) is 11.1. The van der Waals surface area contributed by atoms with E-state index in [-0.39, 0.29) is 12.3 Å². The van der Waals surface area contributed by atoms with Gasteiger partial charge < -0.3 is 13.9 Å². The van der Waals surface area contributed by atoms with Gasteiger partial charge in [-0.05, 0) is 80.5 Å². The first-order valence-electron chi connectivity index (χ1n) is 9.76. The maximum absolute atomic E-state index is 13.1. The van der Waals surface area contributed by atoms with E-state index in [9.17, 15) is 9.59 Å². The Morgan fingerprint density at radius 2 is 1.77 bits per heavy atom. The van der Waals surface area contributed by atoms with Crippen molar-refractivity contribution in [3.8, 4) is 11.5 Å². The van der Waals surface area contributed by atoms with Crippen molar-refractivity contribution in [2.24, 2.45) is 0 Å². The van der Waals surface area contributed by atoms with Gasteiger partial charge in [0.2, 0.25) is 8.32 Å². The van der Waals surface area contributed by atoms with E-state index in [0.29, 0.717) is 11.4 Å². The quantitative estimate of drug-likeness (QED) is 0.402. The van der Waals surface area contributed by atoms with Gasteiger partial charge in [0.15, 0.2) is 11.5 Å². The van der Waals surface area contributed by atoms with Crippen LogP contribution < -0.4 is 14.1 Å². The van der Waals surface area contributed by atoms with E-state index in [0.717, 1.165) is 22.4 Å². The molecule has 0 radical (unpaired) electrons. The monoisotopic (exact) mass is 425 g/mol. The standard InChI is InChI=1S/C23H27NO5Si/c1-15-11-17(12-16(2)22(15)29-30(4,5)6)13-20-23(26)24(14-21(25)27-3)18-9-7-8-10-19(18)28-20/h7-13H,14H2,1-6H3. The molecule has 0 atom stereocenters. The van der Waals surface area contributed by atoms with Crippen LogP contribution in [-0.4, -0.2) is 33.8 Å². The van der Waals surface area contributed by atoms with Gasteiger partial charge in [-0.2, -0.15) is 0 Å². The number of carbonyl (C=O) groups excluding carboxylic acids is 2.